The highest BCUT2D eigenvalue weighted by Crippen LogP contribution is 2.35. The fourth-order valence-corrected chi connectivity index (χ4v) is 4.51. The summed E-state index contributed by atoms with van der Waals surface area (Å²) < 4.78 is 7.12. The van der Waals surface area contributed by atoms with Crippen molar-refractivity contribution in [3.63, 3.8) is 0 Å². The quantitative estimate of drug-likeness (QED) is 0.665. The molecule has 0 atom stereocenters. The molecule has 1 aromatic carbocycles. The van der Waals surface area contributed by atoms with Crippen molar-refractivity contribution in [2.75, 3.05) is 54.5 Å². The molecule has 2 aromatic heterocycles. The van der Waals surface area contributed by atoms with E-state index in [1.165, 1.54) is 0 Å². The number of nitrogens with one attached hydrogen (secondary N) is 1. The Kier molecular flexibility index (Phi) is 5.61. The van der Waals surface area contributed by atoms with E-state index < -0.39 is 0 Å². The number of ether oxygens (including phenoxy) is 1. The monoisotopic (exact) mass is 441 g/mol. The number of carbonyl (C=O) groups is 1. The first-order chi connectivity index (χ1) is 15.2. The van der Waals surface area contributed by atoms with Crippen molar-refractivity contribution in [3.8, 4) is 0 Å². The zero-order chi connectivity index (χ0) is 21.2. The van der Waals surface area contributed by atoms with Crippen molar-refractivity contribution in [3.05, 3.63) is 41.7 Å². The van der Waals surface area contributed by atoms with Crippen LogP contribution in [0.5, 0.6) is 0 Å². The summed E-state index contributed by atoms with van der Waals surface area (Å²) in [5.74, 6) is 0.862. The van der Waals surface area contributed by atoms with Crippen LogP contribution in [0, 0.1) is 5.92 Å². The highest BCUT2D eigenvalue weighted by atomic mass is 35.5. The predicted octanol–water partition coefficient (Wildman–Crippen LogP) is 2.47. The lowest BCUT2D eigenvalue weighted by Gasteiger charge is -2.33. The molecule has 10 heteroatoms. The van der Waals surface area contributed by atoms with Gasteiger partial charge in [0.1, 0.15) is 12.1 Å². The number of rotatable bonds is 4. The van der Waals surface area contributed by atoms with Gasteiger partial charge in [0, 0.05) is 32.1 Å². The van der Waals surface area contributed by atoms with E-state index in [0.717, 1.165) is 61.9 Å². The molecular formula is C21H24ClN7O2. The van der Waals surface area contributed by atoms with Crippen LogP contribution in [0.1, 0.15) is 12.8 Å². The molecular weight excluding hydrogens is 418 g/mol. The standard InChI is InChI=1S/C21H24ClN7O2/c22-16-2-1-3-17(20(16)28-10-12-31-13-11-28)24-21(30)15-6-8-27(9-7-15)19-5-4-18-25-23-14-29(18)26-19/h1-5,14-15H,6-13H2,(H,24,30). The molecule has 1 N–H and O–H groups in total. The van der Waals surface area contributed by atoms with E-state index in [1.807, 2.05) is 30.3 Å². The molecule has 4 heterocycles. The third-order valence-corrected chi connectivity index (χ3v) is 6.21. The van der Waals surface area contributed by atoms with E-state index >= 15 is 0 Å². The minimum atomic E-state index is -0.0496. The number of benzene rings is 1. The number of amides is 1. The van der Waals surface area contributed by atoms with Crippen LogP contribution in [0.25, 0.3) is 5.65 Å². The third kappa shape index (κ3) is 4.15. The molecule has 0 bridgehead atoms. The molecule has 2 saturated heterocycles. The van der Waals surface area contributed by atoms with E-state index in [9.17, 15) is 4.79 Å². The Morgan fingerprint density at radius 3 is 2.68 bits per heavy atom. The number of para-hydroxylation sites is 1. The second kappa shape index (κ2) is 8.68. The molecule has 0 unspecified atom stereocenters. The summed E-state index contributed by atoms with van der Waals surface area (Å²) in [6, 6.07) is 9.50. The summed E-state index contributed by atoms with van der Waals surface area (Å²) in [5, 5.41) is 16.2. The number of carbonyl (C=O) groups excluding carboxylic acids is 1. The number of halogens is 1. The lowest BCUT2D eigenvalue weighted by molar-refractivity contribution is -0.120. The van der Waals surface area contributed by atoms with Crippen molar-refractivity contribution >= 4 is 40.3 Å². The Labute approximate surface area is 184 Å². The summed E-state index contributed by atoms with van der Waals surface area (Å²) in [5.41, 5.74) is 2.36. The third-order valence-electron chi connectivity index (χ3n) is 5.91. The lowest BCUT2D eigenvalue weighted by atomic mass is 9.95. The summed E-state index contributed by atoms with van der Waals surface area (Å²) in [4.78, 5) is 17.4. The van der Waals surface area contributed by atoms with E-state index in [2.05, 4.69) is 30.4 Å². The number of hydrogen-bond acceptors (Lipinski definition) is 7. The van der Waals surface area contributed by atoms with Gasteiger partial charge in [0.2, 0.25) is 5.91 Å². The van der Waals surface area contributed by atoms with Crippen LogP contribution >= 0.6 is 11.6 Å². The normalized spacial score (nSPS) is 17.8. The Morgan fingerprint density at radius 1 is 1.06 bits per heavy atom. The number of piperidine rings is 1. The van der Waals surface area contributed by atoms with Crippen LogP contribution in [0.4, 0.5) is 17.2 Å². The lowest BCUT2D eigenvalue weighted by Crippen LogP contribution is -2.39. The van der Waals surface area contributed by atoms with Crippen LogP contribution in [0.3, 0.4) is 0 Å². The largest absolute Gasteiger partial charge is 0.378 e. The van der Waals surface area contributed by atoms with Crippen molar-refractivity contribution in [2.24, 2.45) is 5.92 Å². The second-order valence-corrected chi connectivity index (χ2v) is 8.22. The average molecular weight is 442 g/mol. The van der Waals surface area contributed by atoms with Crippen LogP contribution in [0.15, 0.2) is 36.7 Å². The fourth-order valence-electron chi connectivity index (χ4n) is 4.22. The van der Waals surface area contributed by atoms with Crippen LogP contribution < -0.4 is 15.1 Å². The molecule has 0 spiro atoms. The molecule has 2 fully saturated rings. The molecule has 5 rings (SSSR count). The molecule has 162 valence electrons. The number of hydrogen-bond donors (Lipinski definition) is 1. The number of fused-ring (bicyclic) bond motifs is 1. The number of morpholine rings is 1. The smallest absolute Gasteiger partial charge is 0.227 e. The average Bonchev–Trinajstić information content (AvgIpc) is 3.28. The van der Waals surface area contributed by atoms with Gasteiger partial charge in [-0.3, -0.25) is 4.79 Å². The summed E-state index contributed by atoms with van der Waals surface area (Å²) in [6.07, 6.45) is 3.12. The molecule has 9 nitrogen and oxygen atoms in total. The molecule has 0 aliphatic carbocycles. The van der Waals surface area contributed by atoms with Gasteiger partial charge in [0.15, 0.2) is 5.65 Å². The van der Waals surface area contributed by atoms with Gasteiger partial charge in [-0.25, -0.2) is 0 Å². The van der Waals surface area contributed by atoms with E-state index in [1.54, 1.807) is 10.8 Å². The van der Waals surface area contributed by atoms with Gasteiger partial charge in [0.25, 0.3) is 0 Å². The van der Waals surface area contributed by atoms with Crippen molar-refractivity contribution < 1.29 is 9.53 Å². The van der Waals surface area contributed by atoms with Gasteiger partial charge in [-0.15, -0.1) is 15.3 Å². The molecule has 31 heavy (non-hydrogen) atoms. The summed E-state index contributed by atoms with van der Waals surface area (Å²) in [6.45, 7) is 4.37. The van der Waals surface area contributed by atoms with Gasteiger partial charge in [-0.1, -0.05) is 17.7 Å². The van der Waals surface area contributed by atoms with Gasteiger partial charge in [0.05, 0.1) is 29.6 Å². The number of aromatic nitrogens is 4. The minimum Gasteiger partial charge on any atom is -0.378 e. The Morgan fingerprint density at radius 2 is 1.87 bits per heavy atom. The van der Waals surface area contributed by atoms with E-state index in [0.29, 0.717) is 18.2 Å². The van der Waals surface area contributed by atoms with E-state index in [4.69, 9.17) is 16.3 Å². The first-order valence-electron chi connectivity index (χ1n) is 10.5. The first-order valence-corrected chi connectivity index (χ1v) is 10.9. The van der Waals surface area contributed by atoms with Crippen LogP contribution in [0.2, 0.25) is 5.02 Å². The summed E-state index contributed by atoms with van der Waals surface area (Å²) in [7, 11) is 0. The summed E-state index contributed by atoms with van der Waals surface area (Å²) >= 11 is 6.49. The Bertz CT molecular complexity index is 1070. The van der Waals surface area contributed by atoms with Gasteiger partial charge < -0.3 is 19.9 Å². The molecule has 2 aliphatic heterocycles. The van der Waals surface area contributed by atoms with Gasteiger partial charge >= 0.3 is 0 Å². The SMILES string of the molecule is O=C(Nc1cccc(Cl)c1N1CCOCC1)C1CCN(c2ccc3nncn3n2)CC1. The number of nitrogens with zero attached hydrogens (tertiary/aromatic N) is 6. The molecule has 0 radical (unpaired) electrons. The zero-order valence-corrected chi connectivity index (χ0v) is 17.8. The fraction of sp³-hybridized carbons (Fsp3) is 0.429. The Hall–Kier alpha value is -2.91. The van der Waals surface area contributed by atoms with Crippen molar-refractivity contribution in [2.45, 2.75) is 12.8 Å². The first kappa shape index (κ1) is 20.0. The maximum Gasteiger partial charge on any atom is 0.227 e. The molecule has 0 saturated carbocycles. The van der Waals surface area contributed by atoms with Gasteiger partial charge in [-0.2, -0.15) is 4.52 Å². The second-order valence-electron chi connectivity index (χ2n) is 7.81. The molecule has 3 aromatic rings. The molecule has 2 aliphatic rings. The highest BCUT2D eigenvalue weighted by molar-refractivity contribution is 6.34. The minimum absolute atomic E-state index is 0.0404. The van der Waals surface area contributed by atoms with Crippen LogP contribution in [-0.2, 0) is 9.53 Å². The van der Waals surface area contributed by atoms with Crippen molar-refractivity contribution in [1.29, 1.82) is 0 Å². The van der Waals surface area contributed by atoms with Crippen molar-refractivity contribution in [1.82, 2.24) is 19.8 Å². The number of anilines is 3. The van der Waals surface area contributed by atoms with Crippen LogP contribution in [-0.4, -0.2) is 65.1 Å². The van der Waals surface area contributed by atoms with Gasteiger partial charge in [-0.05, 0) is 37.1 Å². The topological polar surface area (TPSA) is 87.9 Å². The highest BCUT2D eigenvalue weighted by Gasteiger charge is 2.27. The Balaban J connectivity index is 1.24. The van der Waals surface area contributed by atoms with E-state index in [-0.39, 0.29) is 11.8 Å². The molecule has 1 amide bonds. The maximum absolute atomic E-state index is 13.0. The zero-order valence-electron chi connectivity index (χ0n) is 17.1. The predicted molar refractivity (Wildman–Crippen MR) is 119 cm³/mol. The maximum atomic E-state index is 13.0.